The van der Waals surface area contributed by atoms with Crippen molar-refractivity contribution in [1.82, 2.24) is 0 Å². The van der Waals surface area contributed by atoms with Gasteiger partial charge in [0, 0.05) is 5.92 Å². The van der Waals surface area contributed by atoms with Crippen molar-refractivity contribution in [2.45, 2.75) is 12.8 Å². The van der Waals surface area contributed by atoms with Crippen LogP contribution in [0.25, 0.3) is 11.1 Å². The van der Waals surface area contributed by atoms with Gasteiger partial charge in [-0.2, -0.15) is 0 Å². The fourth-order valence-corrected chi connectivity index (χ4v) is 3.38. The molecule has 0 N–H and O–H groups in total. The molecule has 3 rings (SSSR count). The zero-order valence-electron chi connectivity index (χ0n) is 12.3. The van der Waals surface area contributed by atoms with E-state index in [-0.39, 0.29) is 11.8 Å². The molecular formula is C17H17NO3S. The molecule has 5 heteroatoms. The highest BCUT2D eigenvalue weighted by Gasteiger charge is 2.37. The molecule has 0 unspecified atom stereocenters. The maximum absolute atomic E-state index is 12.3. The topological polar surface area (TPSA) is 54.5 Å². The first-order valence-corrected chi connectivity index (χ1v) is 9.01. The molecule has 2 aromatic carbocycles. The van der Waals surface area contributed by atoms with Gasteiger partial charge >= 0.3 is 0 Å². The fourth-order valence-electron chi connectivity index (χ4n) is 2.40. The second-order valence-corrected chi connectivity index (χ2v) is 7.38. The van der Waals surface area contributed by atoms with Gasteiger partial charge in [-0.15, -0.1) is 0 Å². The number of anilines is 1. The highest BCUT2D eigenvalue weighted by Crippen LogP contribution is 2.34. The summed E-state index contributed by atoms with van der Waals surface area (Å²) in [6, 6.07) is 16.8. The van der Waals surface area contributed by atoms with Gasteiger partial charge in [0.2, 0.25) is 15.9 Å². The molecule has 0 saturated heterocycles. The van der Waals surface area contributed by atoms with Crippen LogP contribution in [0.1, 0.15) is 12.8 Å². The van der Waals surface area contributed by atoms with Gasteiger partial charge in [0.15, 0.2) is 0 Å². The number of sulfonamides is 1. The van der Waals surface area contributed by atoms with Crippen molar-refractivity contribution in [3.05, 3.63) is 54.6 Å². The zero-order chi connectivity index (χ0) is 15.7. The summed E-state index contributed by atoms with van der Waals surface area (Å²) >= 11 is 0. The standard InChI is InChI=1S/C17H17NO3S/c1-22(20,21)18(17(19)15-7-8-15)16-11-9-14(10-12-16)13-5-3-2-4-6-13/h2-6,9-12,15H,7-8H2,1H3. The normalized spacial score (nSPS) is 14.6. The lowest BCUT2D eigenvalue weighted by molar-refractivity contribution is -0.118. The van der Waals surface area contributed by atoms with Crippen LogP contribution < -0.4 is 4.31 Å². The van der Waals surface area contributed by atoms with Crippen LogP contribution in [0.5, 0.6) is 0 Å². The lowest BCUT2D eigenvalue weighted by Gasteiger charge is -2.20. The molecule has 114 valence electrons. The van der Waals surface area contributed by atoms with Crippen LogP contribution in [0, 0.1) is 5.92 Å². The summed E-state index contributed by atoms with van der Waals surface area (Å²) < 4.78 is 24.9. The van der Waals surface area contributed by atoms with E-state index in [0.29, 0.717) is 5.69 Å². The molecule has 1 fully saturated rings. The predicted octanol–water partition coefficient (Wildman–Crippen LogP) is 3.06. The van der Waals surface area contributed by atoms with Crippen LogP contribution in [0.4, 0.5) is 5.69 Å². The summed E-state index contributed by atoms with van der Waals surface area (Å²) in [5.74, 6) is -0.474. The molecule has 2 aromatic rings. The van der Waals surface area contributed by atoms with Crippen LogP contribution in [-0.2, 0) is 14.8 Å². The maximum atomic E-state index is 12.3. The summed E-state index contributed by atoms with van der Waals surface area (Å²) in [5.41, 5.74) is 2.43. The number of nitrogens with zero attached hydrogens (tertiary/aromatic N) is 1. The summed E-state index contributed by atoms with van der Waals surface area (Å²) in [6.07, 6.45) is 2.61. The van der Waals surface area contributed by atoms with Crippen molar-refractivity contribution >= 4 is 21.6 Å². The van der Waals surface area contributed by atoms with Crippen LogP contribution in [0.2, 0.25) is 0 Å². The Morgan fingerprint density at radius 1 is 0.955 bits per heavy atom. The number of benzene rings is 2. The van der Waals surface area contributed by atoms with E-state index in [1.165, 1.54) is 0 Å². The molecule has 0 atom stereocenters. The van der Waals surface area contributed by atoms with Crippen LogP contribution in [0.15, 0.2) is 54.6 Å². The van der Waals surface area contributed by atoms with Crippen molar-refractivity contribution in [2.75, 3.05) is 10.6 Å². The summed E-state index contributed by atoms with van der Waals surface area (Å²) in [6.45, 7) is 0. The Kier molecular flexibility index (Phi) is 3.74. The second-order valence-electron chi connectivity index (χ2n) is 5.55. The predicted molar refractivity (Wildman–Crippen MR) is 86.9 cm³/mol. The Labute approximate surface area is 130 Å². The molecule has 0 bridgehead atoms. The van der Waals surface area contributed by atoms with E-state index in [2.05, 4.69) is 0 Å². The highest BCUT2D eigenvalue weighted by atomic mass is 32.2. The monoisotopic (exact) mass is 315 g/mol. The molecule has 22 heavy (non-hydrogen) atoms. The minimum absolute atomic E-state index is 0.150. The molecule has 1 amide bonds. The van der Waals surface area contributed by atoms with Gasteiger partial charge in [0.05, 0.1) is 11.9 Å². The number of carbonyl (C=O) groups excluding carboxylic acids is 1. The molecule has 0 spiro atoms. The van der Waals surface area contributed by atoms with E-state index < -0.39 is 10.0 Å². The summed E-state index contributed by atoms with van der Waals surface area (Å²) in [7, 11) is -3.62. The maximum Gasteiger partial charge on any atom is 0.243 e. The number of hydrogen-bond acceptors (Lipinski definition) is 3. The second kappa shape index (κ2) is 5.57. The van der Waals surface area contributed by atoms with Gasteiger partial charge in [-0.05, 0) is 36.1 Å². The number of hydrogen-bond donors (Lipinski definition) is 0. The Hall–Kier alpha value is -2.14. The van der Waals surface area contributed by atoms with Gasteiger partial charge in [-0.3, -0.25) is 4.79 Å². The third-order valence-corrected chi connectivity index (χ3v) is 4.72. The fraction of sp³-hybridized carbons (Fsp3) is 0.235. The third-order valence-electron chi connectivity index (χ3n) is 3.67. The molecule has 0 radical (unpaired) electrons. The first-order valence-electron chi connectivity index (χ1n) is 7.16. The number of amides is 1. The molecule has 1 aliphatic rings. The lowest BCUT2D eigenvalue weighted by Crippen LogP contribution is -2.37. The molecule has 0 aliphatic heterocycles. The minimum atomic E-state index is -3.62. The van der Waals surface area contributed by atoms with E-state index >= 15 is 0 Å². The zero-order valence-corrected chi connectivity index (χ0v) is 13.1. The van der Waals surface area contributed by atoms with Crippen LogP contribution in [-0.4, -0.2) is 20.6 Å². The first-order chi connectivity index (χ1) is 10.5. The van der Waals surface area contributed by atoms with Gasteiger partial charge in [-0.25, -0.2) is 12.7 Å². The van der Waals surface area contributed by atoms with Gasteiger partial charge < -0.3 is 0 Å². The molecule has 1 saturated carbocycles. The van der Waals surface area contributed by atoms with E-state index in [4.69, 9.17) is 0 Å². The molecular weight excluding hydrogens is 298 g/mol. The highest BCUT2D eigenvalue weighted by molar-refractivity contribution is 7.92. The Bertz CT molecular complexity index is 778. The molecule has 1 aliphatic carbocycles. The lowest BCUT2D eigenvalue weighted by atomic mass is 10.1. The van der Waals surface area contributed by atoms with Crippen molar-refractivity contribution in [3.63, 3.8) is 0 Å². The third kappa shape index (κ3) is 3.04. The van der Waals surface area contributed by atoms with Gasteiger partial charge in [0.1, 0.15) is 0 Å². The van der Waals surface area contributed by atoms with E-state index in [9.17, 15) is 13.2 Å². The summed E-state index contributed by atoms with van der Waals surface area (Å²) in [5, 5.41) is 0. The molecule has 4 nitrogen and oxygen atoms in total. The quantitative estimate of drug-likeness (QED) is 0.871. The Morgan fingerprint density at radius 3 is 2.00 bits per heavy atom. The first kappa shape index (κ1) is 14.8. The Morgan fingerprint density at radius 2 is 1.50 bits per heavy atom. The number of rotatable bonds is 4. The van der Waals surface area contributed by atoms with E-state index in [1.807, 2.05) is 42.5 Å². The molecule has 0 aromatic heterocycles. The van der Waals surface area contributed by atoms with Gasteiger partial charge in [-0.1, -0.05) is 42.5 Å². The summed E-state index contributed by atoms with van der Waals surface area (Å²) in [4.78, 5) is 12.3. The van der Waals surface area contributed by atoms with Gasteiger partial charge in [0.25, 0.3) is 0 Å². The van der Waals surface area contributed by atoms with E-state index in [1.54, 1.807) is 12.1 Å². The average Bonchev–Trinajstić information content (AvgIpc) is 3.32. The van der Waals surface area contributed by atoms with E-state index in [0.717, 1.165) is 34.5 Å². The number of carbonyl (C=O) groups is 1. The average molecular weight is 315 g/mol. The molecule has 0 heterocycles. The van der Waals surface area contributed by atoms with Crippen molar-refractivity contribution in [2.24, 2.45) is 5.92 Å². The van der Waals surface area contributed by atoms with Crippen molar-refractivity contribution in [3.8, 4) is 11.1 Å². The van der Waals surface area contributed by atoms with Crippen LogP contribution in [0.3, 0.4) is 0 Å². The Balaban J connectivity index is 1.94. The smallest absolute Gasteiger partial charge is 0.243 e. The SMILES string of the molecule is CS(=O)(=O)N(C(=O)C1CC1)c1ccc(-c2ccccc2)cc1. The minimum Gasteiger partial charge on any atom is -0.273 e. The van der Waals surface area contributed by atoms with Crippen LogP contribution >= 0.6 is 0 Å². The largest absolute Gasteiger partial charge is 0.273 e. The van der Waals surface area contributed by atoms with Crippen molar-refractivity contribution in [1.29, 1.82) is 0 Å². The van der Waals surface area contributed by atoms with Crippen molar-refractivity contribution < 1.29 is 13.2 Å².